The third-order valence-electron chi connectivity index (χ3n) is 12.2. The van der Waals surface area contributed by atoms with Crippen LogP contribution in [0.2, 0.25) is 0 Å². The van der Waals surface area contributed by atoms with Gasteiger partial charge in [-0.25, -0.2) is 19.2 Å². The summed E-state index contributed by atoms with van der Waals surface area (Å²) in [6, 6.07) is 43.1. The van der Waals surface area contributed by atoms with Crippen molar-refractivity contribution in [1.29, 1.82) is 0 Å². The summed E-state index contributed by atoms with van der Waals surface area (Å²) in [4.78, 5) is 56.2. The van der Waals surface area contributed by atoms with Gasteiger partial charge >= 0.3 is 23.9 Å². The summed E-state index contributed by atoms with van der Waals surface area (Å²) >= 11 is 0. The van der Waals surface area contributed by atoms with E-state index in [-0.39, 0.29) is 22.3 Å². The van der Waals surface area contributed by atoms with Gasteiger partial charge in [-0.1, -0.05) is 133 Å². The molecule has 0 saturated carbocycles. The van der Waals surface area contributed by atoms with Crippen LogP contribution in [0.15, 0.2) is 133 Å². The lowest BCUT2D eigenvalue weighted by atomic mass is 9.71. The lowest BCUT2D eigenvalue weighted by molar-refractivity contribution is 0.0556. The second kappa shape index (κ2) is 16.5. The number of benzene rings is 7. The summed E-state index contributed by atoms with van der Waals surface area (Å²) in [6.07, 6.45) is 1.87. The second-order valence-electron chi connectivity index (χ2n) is 15.4. The molecular formula is C54H42O8. The van der Waals surface area contributed by atoms with Crippen LogP contribution in [0.3, 0.4) is 0 Å². The molecule has 7 aromatic rings. The number of fused-ring (bicyclic) bond motifs is 4. The van der Waals surface area contributed by atoms with Crippen molar-refractivity contribution < 1.29 is 38.1 Å². The SMILES string of the molecule is COC(=O)c1c(C(=O)OC)c(-c2ccccc2)c2c(c1-c1ccccc1)Cc1cc3c(cc1C2)Cc1c(c(-c2ccccc2)c(C(=O)OC)c(C(=O)OC)c1-c1ccccc1)C3. The van der Waals surface area contributed by atoms with Crippen LogP contribution in [-0.2, 0) is 44.6 Å². The first-order valence-electron chi connectivity index (χ1n) is 20.4. The van der Waals surface area contributed by atoms with Gasteiger partial charge in [0.15, 0.2) is 0 Å². The summed E-state index contributed by atoms with van der Waals surface area (Å²) in [7, 11) is 5.30. The van der Waals surface area contributed by atoms with E-state index >= 15 is 0 Å². The maximum Gasteiger partial charge on any atom is 0.339 e. The minimum Gasteiger partial charge on any atom is -0.465 e. The number of methoxy groups -OCH3 is 4. The first-order valence-corrected chi connectivity index (χ1v) is 20.4. The van der Waals surface area contributed by atoms with Crippen molar-refractivity contribution in [1.82, 2.24) is 0 Å². The minimum atomic E-state index is -0.632. The van der Waals surface area contributed by atoms with Crippen molar-refractivity contribution >= 4 is 23.9 Å². The van der Waals surface area contributed by atoms with E-state index in [4.69, 9.17) is 18.9 Å². The Morgan fingerprint density at radius 2 is 0.516 bits per heavy atom. The van der Waals surface area contributed by atoms with Crippen molar-refractivity contribution in [2.75, 3.05) is 28.4 Å². The molecule has 2 aliphatic carbocycles. The van der Waals surface area contributed by atoms with E-state index in [9.17, 15) is 19.2 Å². The second-order valence-corrected chi connectivity index (χ2v) is 15.4. The molecule has 0 aliphatic heterocycles. The van der Waals surface area contributed by atoms with Gasteiger partial charge in [-0.15, -0.1) is 0 Å². The van der Waals surface area contributed by atoms with Crippen molar-refractivity contribution in [2.24, 2.45) is 0 Å². The summed E-state index contributed by atoms with van der Waals surface area (Å²) in [5.41, 5.74) is 14.4. The molecule has 0 N–H and O–H groups in total. The van der Waals surface area contributed by atoms with Gasteiger partial charge in [-0.2, -0.15) is 0 Å². The fourth-order valence-electron chi connectivity index (χ4n) is 9.62. The predicted molar refractivity (Wildman–Crippen MR) is 238 cm³/mol. The average Bonchev–Trinajstić information content (AvgIpc) is 3.33. The highest BCUT2D eigenvalue weighted by molar-refractivity contribution is 6.15. The molecule has 0 bridgehead atoms. The highest BCUT2D eigenvalue weighted by Crippen LogP contribution is 2.49. The Morgan fingerprint density at radius 3 is 0.694 bits per heavy atom. The summed E-state index contributed by atoms with van der Waals surface area (Å²) in [6.45, 7) is 0. The highest BCUT2D eigenvalue weighted by Gasteiger charge is 2.38. The molecule has 8 heteroatoms. The Balaban J connectivity index is 1.32. The Hall–Kier alpha value is -7.58. The molecule has 306 valence electrons. The Kier molecular flexibility index (Phi) is 10.6. The number of hydrogen-bond acceptors (Lipinski definition) is 8. The molecule has 0 radical (unpaired) electrons. The summed E-state index contributed by atoms with van der Waals surface area (Å²) in [5, 5.41) is 0. The molecule has 62 heavy (non-hydrogen) atoms. The molecule has 0 heterocycles. The smallest absolute Gasteiger partial charge is 0.339 e. The number of rotatable bonds is 8. The number of ether oxygens (including phenoxy) is 4. The quantitative estimate of drug-likeness (QED) is 0.110. The van der Waals surface area contributed by atoms with Crippen molar-refractivity contribution in [3.05, 3.63) is 200 Å². The largest absolute Gasteiger partial charge is 0.465 e. The molecule has 0 amide bonds. The Bertz CT molecular complexity index is 2540. The Labute approximate surface area is 359 Å². The third-order valence-corrected chi connectivity index (χ3v) is 12.2. The van der Waals surface area contributed by atoms with Crippen LogP contribution in [0.25, 0.3) is 44.5 Å². The van der Waals surface area contributed by atoms with Crippen LogP contribution in [-0.4, -0.2) is 52.3 Å². The van der Waals surface area contributed by atoms with E-state index in [0.717, 1.165) is 66.8 Å². The number of carbonyl (C=O) groups excluding carboxylic acids is 4. The van der Waals surface area contributed by atoms with Crippen molar-refractivity contribution in [3.63, 3.8) is 0 Å². The standard InChI is InChI=1S/C54H42O8/c1-59-51(55)47-43(31-17-9-5-10-18-31)39-27-35-25-37-29-41-42(30-38(37)26-36(35)28-40(39)44(48(47)52(56)60-2)32-19-11-6-12-20-32)46(34-23-15-8-16-24-34)50(54(58)62-4)49(53(57)61-3)45(41)33-21-13-7-14-22-33/h5-26H,27-30H2,1-4H3. The van der Waals surface area contributed by atoms with Crippen molar-refractivity contribution in [2.45, 2.75) is 25.7 Å². The van der Waals surface area contributed by atoms with Crippen LogP contribution < -0.4 is 0 Å². The molecule has 0 aromatic heterocycles. The van der Waals surface area contributed by atoms with Crippen molar-refractivity contribution in [3.8, 4) is 44.5 Å². The molecule has 0 unspecified atom stereocenters. The zero-order valence-electron chi connectivity index (χ0n) is 34.8. The van der Waals surface area contributed by atoms with Gasteiger partial charge in [0, 0.05) is 22.3 Å². The molecule has 0 saturated heterocycles. The molecule has 8 nitrogen and oxygen atoms in total. The zero-order chi connectivity index (χ0) is 43.1. The van der Waals surface area contributed by atoms with E-state index in [1.54, 1.807) is 0 Å². The van der Waals surface area contributed by atoms with Crippen LogP contribution in [0.5, 0.6) is 0 Å². The lowest BCUT2D eigenvalue weighted by Gasteiger charge is -2.32. The van der Waals surface area contributed by atoms with Gasteiger partial charge in [0.2, 0.25) is 0 Å². The van der Waals surface area contributed by atoms with E-state index < -0.39 is 23.9 Å². The third kappa shape index (κ3) is 6.65. The predicted octanol–water partition coefficient (Wildman–Crippen LogP) is 10.5. The number of hydrogen-bond donors (Lipinski definition) is 0. The molecule has 7 aromatic carbocycles. The lowest BCUT2D eigenvalue weighted by Crippen LogP contribution is -2.23. The first-order chi connectivity index (χ1) is 30.3. The maximum absolute atomic E-state index is 14.0. The fraction of sp³-hybridized carbons (Fsp3) is 0.148. The molecule has 0 fully saturated rings. The van der Waals surface area contributed by atoms with E-state index in [2.05, 4.69) is 12.1 Å². The molecule has 0 spiro atoms. The van der Waals surface area contributed by atoms with Gasteiger partial charge in [0.25, 0.3) is 0 Å². The number of carbonyl (C=O) groups is 4. The van der Waals surface area contributed by atoms with Gasteiger partial charge in [0.1, 0.15) is 0 Å². The van der Waals surface area contributed by atoms with Gasteiger partial charge in [0.05, 0.1) is 50.7 Å². The normalized spacial score (nSPS) is 12.2. The fourth-order valence-corrected chi connectivity index (χ4v) is 9.62. The van der Waals surface area contributed by atoms with Gasteiger partial charge < -0.3 is 18.9 Å². The van der Waals surface area contributed by atoms with Crippen LogP contribution in [0.4, 0.5) is 0 Å². The van der Waals surface area contributed by atoms with E-state index in [1.165, 1.54) is 28.4 Å². The zero-order valence-corrected chi connectivity index (χ0v) is 34.8. The summed E-state index contributed by atoms with van der Waals surface area (Å²) in [5.74, 6) is -2.53. The van der Waals surface area contributed by atoms with E-state index in [0.29, 0.717) is 47.9 Å². The molecule has 9 rings (SSSR count). The minimum absolute atomic E-state index is 0.163. The highest BCUT2D eigenvalue weighted by atomic mass is 16.5. The summed E-state index contributed by atoms with van der Waals surface area (Å²) < 4.78 is 21.8. The first kappa shape index (κ1) is 39.9. The van der Waals surface area contributed by atoms with Crippen LogP contribution >= 0.6 is 0 Å². The molecule has 0 atom stereocenters. The monoisotopic (exact) mass is 818 g/mol. The van der Waals surface area contributed by atoms with Crippen LogP contribution in [0.1, 0.15) is 85.9 Å². The molecular weight excluding hydrogens is 777 g/mol. The van der Waals surface area contributed by atoms with Gasteiger partial charge in [-0.05, 0) is 92.4 Å². The maximum atomic E-state index is 14.0. The van der Waals surface area contributed by atoms with Crippen LogP contribution in [0, 0.1) is 0 Å². The van der Waals surface area contributed by atoms with E-state index in [1.807, 2.05) is 121 Å². The van der Waals surface area contributed by atoms with Gasteiger partial charge in [-0.3, -0.25) is 0 Å². The Morgan fingerprint density at radius 1 is 0.323 bits per heavy atom. The molecule has 2 aliphatic rings. The average molecular weight is 819 g/mol. The topological polar surface area (TPSA) is 105 Å². The number of esters is 4.